The van der Waals surface area contributed by atoms with Gasteiger partial charge in [0.25, 0.3) is 0 Å². The molecule has 1 rings (SSSR count). The zero-order valence-corrected chi connectivity index (χ0v) is 7.43. The Morgan fingerprint density at radius 2 is 1.73 bits per heavy atom. The van der Waals surface area contributed by atoms with Crippen LogP contribution in [0.5, 0.6) is 0 Å². The molecule has 4 nitrogen and oxygen atoms in total. The molecule has 0 radical (unpaired) electrons. The summed E-state index contributed by atoms with van der Waals surface area (Å²) in [6.45, 7) is 0. The summed E-state index contributed by atoms with van der Waals surface area (Å²) in [6, 6.07) is 0. The maximum Gasteiger partial charge on any atom is 0.161 e. The first-order chi connectivity index (χ1) is 5.09. The zero-order chi connectivity index (χ0) is 8.48. The number of ether oxygens (including phenoxy) is 2. The van der Waals surface area contributed by atoms with E-state index in [1.807, 2.05) is 0 Å². The van der Waals surface area contributed by atoms with Crippen LogP contribution in [0.25, 0.3) is 0 Å². The molecule has 0 atom stereocenters. The molecule has 0 saturated carbocycles. The summed E-state index contributed by atoms with van der Waals surface area (Å²) < 4.78 is 31.3. The van der Waals surface area contributed by atoms with Gasteiger partial charge in [-0.3, -0.25) is 0 Å². The second kappa shape index (κ2) is 3.08. The Balaban J connectivity index is 2.42. The predicted molar refractivity (Wildman–Crippen MR) is 39.9 cm³/mol. The fraction of sp³-hybridized carbons (Fsp3) is 1.00. The minimum Gasteiger partial charge on any atom is -0.356 e. The maximum absolute atomic E-state index is 10.7. The van der Waals surface area contributed by atoms with E-state index in [1.54, 1.807) is 0 Å². The summed E-state index contributed by atoms with van der Waals surface area (Å²) in [7, 11) is 0.270. The summed E-state index contributed by atoms with van der Waals surface area (Å²) in [5.74, 6) is 0.411. The summed E-state index contributed by atoms with van der Waals surface area (Å²) >= 11 is 0. The molecule has 0 aromatic rings. The fourth-order valence-electron chi connectivity index (χ4n) is 1.24. The third kappa shape index (κ3) is 1.91. The third-order valence-electron chi connectivity index (χ3n) is 1.79. The highest BCUT2D eigenvalue weighted by molar-refractivity contribution is 7.92. The molecular weight excluding hydrogens is 168 g/mol. The van der Waals surface area contributed by atoms with Crippen LogP contribution in [0.2, 0.25) is 0 Å². The lowest BCUT2D eigenvalue weighted by Crippen LogP contribution is -2.45. The predicted octanol–water partition coefficient (Wildman–Crippen LogP) is -0.350. The lowest BCUT2D eigenvalue weighted by molar-refractivity contribution is -0.130. The number of hydrogen-bond donors (Lipinski definition) is 0. The number of methoxy groups -OCH3 is 2. The van der Waals surface area contributed by atoms with E-state index in [9.17, 15) is 8.42 Å². The van der Waals surface area contributed by atoms with E-state index in [1.165, 1.54) is 14.2 Å². The normalized spacial score (nSPS) is 23.5. The zero-order valence-electron chi connectivity index (χ0n) is 6.61. The van der Waals surface area contributed by atoms with Crippen molar-refractivity contribution in [1.29, 1.82) is 0 Å². The van der Waals surface area contributed by atoms with Crippen molar-refractivity contribution in [3.8, 4) is 0 Å². The van der Waals surface area contributed by atoms with Crippen molar-refractivity contribution in [2.45, 2.75) is 6.29 Å². The molecule has 1 aliphatic rings. The van der Waals surface area contributed by atoms with E-state index < -0.39 is 9.84 Å². The SMILES string of the molecule is COC(OC)C1CS(=O)(=O)C1. The molecule has 1 fully saturated rings. The van der Waals surface area contributed by atoms with Crippen molar-refractivity contribution < 1.29 is 17.9 Å². The highest BCUT2D eigenvalue weighted by Crippen LogP contribution is 2.23. The first-order valence-corrected chi connectivity index (χ1v) is 5.17. The van der Waals surface area contributed by atoms with Gasteiger partial charge in [-0.1, -0.05) is 0 Å². The number of rotatable bonds is 3. The van der Waals surface area contributed by atoms with E-state index >= 15 is 0 Å². The Labute approximate surface area is 66.4 Å². The monoisotopic (exact) mass is 180 g/mol. The van der Waals surface area contributed by atoms with E-state index in [2.05, 4.69) is 0 Å². The van der Waals surface area contributed by atoms with Crippen molar-refractivity contribution in [2.24, 2.45) is 5.92 Å². The Hall–Kier alpha value is -0.130. The van der Waals surface area contributed by atoms with Gasteiger partial charge in [-0.15, -0.1) is 0 Å². The first kappa shape index (κ1) is 8.96. The Kier molecular flexibility index (Phi) is 2.51. The average molecular weight is 180 g/mol. The van der Waals surface area contributed by atoms with Crippen LogP contribution in [-0.2, 0) is 19.3 Å². The topological polar surface area (TPSA) is 52.6 Å². The Morgan fingerprint density at radius 3 is 2.00 bits per heavy atom. The van der Waals surface area contributed by atoms with Gasteiger partial charge >= 0.3 is 0 Å². The van der Waals surface area contributed by atoms with Crippen molar-refractivity contribution in [3.63, 3.8) is 0 Å². The second-order valence-electron chi connectivity index (χ2n) is 2.68. The van der Waals surface area contributed by atoms with Gasteiger partial charge in [0.15, 0.2) is 16.1 Å². The quantitative estimate of drug-likeness (QED) is 0.557. The highest BCUT2D eigenvalue weighted by atomic mass is 32.2. The summed E-state index contributed by atoms with van der Waals surface area (Å²) in [4.78, 5) is 0. The van der Waals surface area contributed by atoms with Crippen molar-refractivity contribution in [1.82, 2.24) is 0 Å². The highest BCUT2D eigenvalue weighted by Gasteiger charge is 2.39. The Bertz CT molecular complexity index is 205. The van der Waals surface area contributed by atoms with Gasteiger partial charge in [0, 0.05) is 20.1 Å². The minimum atomic E-state index is -2.76. The molecule has 1 heterocycles. The van der Waals surface area contributed by atoms with Gasteiger partial charge < -0.3 is 9.47 Å². The van der Waals surface area contributed by atoms with Gasteiger partial charge in [0.2, 0.25) is 0 Å². The molecule has 5 heteroatoms. The summed E-state index contributed by atoms with van der Waals surface area (Å²) in [5.41, 5.74) is 0. The van der Waals surface area contributed by atoms with E-state index in [4.69, 9.17) is 9.47 Å². The van der Waals surface area contributed by atoms with Crippen LogP contribution in [0.1, 0.15) is 0 Å². The average Bonchev–Trinajstić information content (AvgIpc) is 1.86. The molecule has 0 bridgehead atoms. The van der Waals surface area contributed by atoms with Crippen LogP contribution >= 0.6 is 0 Å². The third-order valence-corrected chi connectivity index (χ3v) is 3.66. The van der Waals surface area contributed by atoms with E-state index in [0.29, 0.717) is 0 Å². The number of sulfone groups is 1. The maximum atomic E-state index is 10.7. The molecular formula is C6H12O4S. The summed E-state index contributed by atoms with van der Waals surface area (Å²) in [6.07, 6.45) is -0.362. The van der Waals surface area contributed by atoms with Crippen LogP contribution in [0, 0.1) is 5.92 Å². The van der Waals surface area contributed by atoms with Crippen molar-refractivity contribution in [3.05, 3.63) is 0 Å². The van der Waals surface area contributed by atoms with E-state index in [0.717, 1.165) is 0 Å². The van der Waals surface area contributed by atoms with Crippen molar-refractivity contribution >= 4 is 9.84 Å². The summed E-state index contributed by atoms with van der Waals surface area (Å²) in [5, 5.41) is 0. The molecule has 1 saturated heterocycles. The van der Waals surface area contributed by atoms with Gasteiger partial charge in [-0.05, 0) is 0 Å². The van der Waals surface area contributed by atoms with Crippen LogP contribution < -0.4 is 0 Å². The molecule has 0 amide bonds. The van der Waals surface area contributed by atoms with Crippen LogP contribution in [0.4, 0.5) is 0 Å². The van der Waals surface area contributed by atoms with Crippen LogP contribution in [0.15, 0.2) is 0 Å². The molecule has 66 valence electrons. The molecule has 0 spiro atoms. The Morgan fingerprint density at radius 1 is 1.27 bits per heavy atom. The molecule has 0 aromatic carbocycles. The molecule has 11 heavy (non-hydrogen) atoms. The van der Waals surface area contributed by atoms with Gasteiger partial charge in [0.05, 0.1) is 11.5 Å². The molecule has 0 aliphatic carbocycles. The molecule has 0 unspecified atom stereocenters. The molecule has 1 aliphatic heterocycles. The first-order valence-electron chi connectivity index (χ1n) is 3.35. The lowest BCUT2D eigenvalue weighted by atomic mass is 10.2. The lowest BCUT2D eigenvalue weighted by Gasteiger charge is -2.30. The number of hydrogen-bond acceptors (Lipinski definition) is 4. The van der Waals surface area contributed by atoms with Crippen LogP contribution in [-0.4, -0.2) is 40.4 Å². The minimum absolute atomic E-state index is 0.0231. The molecule has 0 aromatic heterocycles. The second-order valence-corrected chi connectivity index (χ2v) is 4.83. The van der Waals surface area contributed by atoms with Gasteiger partial charge in [-0.25, -0.2) is 8.42 Å². The van der Waals surface area contributed by atoms with E-state index in [-0.39, 0.29) is 23.7 Å². The fourth-order valence-corrected chi connectivity index (χ4v) is 2.76. The van der Waals surface area contributed by atoms with Gasteiger partial charge in [-0.2, -0.15) is 0 Å². The molecule has 0 N–H and O–H groups in total. The smallest absolute Gasteiger partial charge is 0.161 e. The largest absolute Gasteiger partial charge is 0.356 e. The van der Waals surface area contributed by atoms with Gasteiger partial charge in [0.1, 0.15) is 0 Å². The standard InChI is InChI=1S/C6H12O4S/c1-9-6(10-2)5-3-11(7,8)4-5/h5-6H,3-4H2,1-2H3. The van der Waals surface area contributed by atoms with Crippen LogP contribution in [0.3, 0.4) is 0 Å². The van der Waals surface area contributed by atoms with Crippen molar-refractivity contribution in [2.75, 3.05) is 25.7 Å².